The van der Waals surface area contributed by atoms with Crippen LogP contribution in [-0.4, -0.2) is 18.0 Å². The highest BCUT2D eigenvalue weighted by atomic mass is 16.2. The summed E-state index contributed by atoms with van der Waals surface area (Å²) in [4.78, 5) is 12.0. The normalized spacial score (nSPS) is 15.6. The Hall–Kier alpha value is -1.35. The molecule has 3 nitrogen and oxygen atoms in total. The van der Waals surface area contributed by atoms with E-state index < -0.39 is 0 Å². The van der Waals surface area contributed by atoms with Crippen molar-refractivity contribution in [2.45, 2.75) is 58.7 Å². The van der Waals surface area contributed by atoms with Crippen LogP contribution in [0.15, 0.2) is 30.3 Å². The lowest BCUT2D eigenvalue weighted by Crippen LogP contribution is -2.46. The summed E-state index contributed by atoms with van der Waals surface area (Å²) >= 11 is 0. The van der Waals surface area contributed by atoms with Gasteiger partial charge in [0.1, 0.15) is 0 Å². The van der Waals surface area contributed by atoms with Gasteiger partial charge >= 0.3 is 0 Å². The quantitative estimate of drug-likeness (QED) is 0.793. The van der Waals surface area contributed by atoms with Crippen LogP contribution in [0.2, 0.25) is 0 Å². The van der Waals surface area contributed by atoms with Gasteiger partial charge in [0.15, 0.2) is 0 Å². The molecular weight excluding hydrogens is 236 g/mol. The van der Waals surface area contributed by atoms with Gasteiger partial charge in [-0.2, -0.15) is 0 Å². The first kappa shape index (κ1) is 15.7. The maximum absolute atomic E-state index is 12.0. The minimum Gasteiger partial charge on any atom is -0.352 e. The van der Waals surface area contributed by atoms with Gasteiger partial charge in [-0.3, -0.25) is 10.1 Å². The summed E-state index contributed by atoms with van der Waals surface area (Å²) < 4.78 is 0. The van der Waals surface area contributed by atoms with Crippen molar-refractivity contribution >= 4 is 5.91 Å². The Bertz CT molecular complexity index is 378. The fraction of sp³-hybridized carbons (Fsp3) is 0.562. The third-order valence-corrected chi connectivity index (χ3v) is 3.46. The minimum absolute atomic E-state index is 0.0729. The van der Waals surface area contributed by atoms with Crippen molar-refractivity contribution in [3.63, 3.8) is 0 Å². The number of amides is 1. The molecule has 1 rings (SSSR count). The molecule has 0 fully saturated rings. The maximum Gasteiger partial charge on any atom is 0.237 e. The van der Waals surface area contributed by atoms with E-state index in [1.807, 2.05) is 32.0 Å². The summed E-state index contributed by atoms with van der Waals surface area (Å²) in [6.45, 7) is 8.15. The molecule has 0 heterocycles. The Morgan fingerprint density at radius 1 is 1.11 bits per heavy atom. The standard InChI is InChI=1S/C16H26N2O/c1-5-12(3)17-16(19)13(4)18-15(6-2)14-10-8-7-9-11-14/h7-13,15,18H,5-6H2,1-4H3,(H,17,19). The van der Waals surface area contributed by atoms with E-state index in [1.165, 1.54) is 5.56 Å². The summed E-state index contributed by atoms with van der Waals surface area (Å²) in [5.74, 6) is 0.0729. The van der Waals surface area contributed by atoms with Gasteiger partial charge in [0, 0.05) is 12.1 Å². The molecule has 3 heteroatoms. The zero-order chi connectivity index (χ0) is 14.3. The van der Waals surface area contributed by atoms with Crippen LogP contribution >= 0.6 is 0 Å². The van der Waals surface area contributed by atoms with E-state index in [2.05, 4.69) is 36.6 Å². The largest absolute Gasteiger partial charge is 0.352 e. The van der Waals surface area contributed by atoms with Gasteiger partial charge in [-0.15, -0.1) is 0 Å². The lowest BCUT2D eigenvalue weighted by molar-refractivity contribution is -0.123. The van der Waals surface area contributed by atoms with Crippen LogP contribution in [0.25, 0.3) is 0 Å². The van der Waals surface area contributed by atoms with Crippen molar-refractivity contribution in [1.29, 1.82) is 0 Å². The number of hydrogen-bond donors (Lipinski definition) is 2. The monoisotopic (exact) mass is 262 g/mol. The van der Waals surface area contributed by atoms with Crippen molar-refractivity contribution in [3.8, 4) is 0 Å². The average Bonchev–Trinajstić information content (AvgIpc) is 2.45. The van der Waals surface area contributed by atoms with E-state index in [-0.39, 0.29) is 24.0 Å². The summed E-state index contributed by atoms with van der Waals surface area (Å²) in [6.07, 6.45) is 1.92. The van der Waals surface area contributed by atoms with E-state index in [4.69, 9.17) is 0 Å². The Morgan fingerprint density at radius 3 is 2.26 bits per heavy atom. The number of hydrogen-bond acceptors (Lipinski definition) is 2. The SMILES string of the molecule is CCC(C)NC(=O)C(C)NC(CC)c1ccccc1. The van der Waals surface area contributed by atoms with Gasteiger partial charge in [-0.1, -0.05) is 44.2 Å². The van der Waals surface area contributed by atoms with Gasteiger partial charge in [-0.05, 0) is 32.3 Å². The second-order valence-corrected chi connectivity index (χ2v) is 5.08. The Labute approximate surface area is 116 Å². The number of carbonyl (C=O) groups is 1. The highest BCUT2D eigenvalue weighted by Crippen LogP contribution is 2.16. The van der Waals surface area contributed by atoms with E-state index in [9.17, 15) is 4.79 Å². The molecule has 0 spiro atoms. The average molecular weight is 262 g/mol. The number of carbonyl (C=O) groups excluding carboxylic acids is 1. The molecule has 0 aliphatic carbocycles. The highest BCUT2D eigenvalue weighted by Gasteiger charge is 2.18. The first-order chi connectivity index (χ1) is 9.08. The smallest absolute Gasteiger partial charge is 0.237 e. The first-order valence-electron chi connectivity index (χ1n) is 7.19. The molecule has 0 aromatic heterocycles. The highest BCUT2D eigenvalue weighted by molar-refractivity contribution is 5.81. The topological polar surface area (TPSA) is 41.1 Å². The molecule has 1 amide bonds. The first-order valence-corrected chi connectivity index (χ1v) is 7.19. The number of rotatable bonds is 7. The molecule has 0 saturated carbocycles. The molecule has 0 aliphatic rings. The third kappa shape index (κ3) is 5.03. The molecule has 19 heavy (non-hydrogen) atoms. The molecule has 1 aromatic carbocycles. The predicted molar refractivity (Wildman–Crippen MR) is 80.0 cm³/mol. The Morgan fingerprint density at radius 2 is 1.74 bits per heavy atom. The van der Waals surface area contributed by atoms with E-state index >= 15 is 0 Å². The second kappa shape index (κ2) is 7.95. The molecule has 1 aromatic rings. The minimum atomic E-state index is -0.181. The van der Waals surface area contributed by atoms with Crippen molar-refractivity contribution in [2.24, 2.45) is 0 Å². The van der Waals surface area contributed by atoms with Gasteiger partial charge < -0.3 is 5.32 Å². The zero-order valence-corrected chi connectivity index (χ0v) is 12.4. The fourth-order valence-corrected chi connectivity index (χ4v) is 1.98. The van der Waals surface area contributed by atoms with Crippen LogP contribution < -0.4 is 10.6 Å². The molecule has 0 bridgehead atoms. The number of nitrogens with one attached hydrogen (secondary N) is 2. The van der Waals surface area contributed by atoms with E-state index in [0.717, 1.165) is 12.8 Å². The summed E-state index contributed by atoms with van der Waals surface area (Å²) in [6, 6.07) is 10.5. The van der Waals surface area contributed by atoms with Crippen LogP contribution in [0.5, 0.6) is 0 Å². The third-order valence-electron chi connectivity index (χ3n) is 3.46. The Balaban J connectivity index is 2.58. The van der Waals surface area contributed by atoms with Gasteiger partial charge in [-0.25, -0.2) is 0 Å². The van der Waals surface area contributed by atoms with Crippen molar-refractivity contribution in [2.75, 3.05) is 0 Å². The molecule has 106 valence electrons. The Kier molecular flexibility index (Phi) is 6.57. The van der Waals surface area contributed by atoms with Crippen LogP contribution in [-0.2, 0) is 4.79 Å². The molecule has 2 N–H and O–H groups in total. The fourth-order valence-electron chi connectivity index (χ4n) is 1.98. The second-order valence-electron chi connectivity index (χ2n) is 5.08. The number of benzene rings is 1. The van der Waals surface area contributed by atoms with Crippen molar-refractivity contribution in [1.82, 2.24) is 10.6 Å². The van der Waals surface area contributed by atoms with Crippen LogP contribution in [0.4, 0.5) is 0 Å². The van der Waals surface area contributed by atoms with E-state index in [0.29, 0.717) is 0 Å². The lowest BCUT2D eigenvalue weighted by Gasteiger charge is -2.23. The molecule has 0 saturated heterocycles. The van der Waals surface area contributed by atoms with Crippen LogP contribution in [0.3, 0.4) is 0 Å². The summed E-state index contributed by atoms with van der Waals surface area (Å²) in [5.41, 5.74) is 1.23. The van der Waals surface area contributed by atoms with Crippen molar-refractivity contribution in [3.05, 3.63) is 35.9 Å². The maximum atomic E-state index is 12.0. The molecule has 0 aliphatic heterocycles. The van der Waals surface area contributed by atoms with Gasteiger partial charge in [0.25, 0.3) is 0 Å². The summed E-state index contributed by atoms with van der Waals surface area (Å²) in [5, 5.41) is 6.41. The van der Waals surface area contributed by atoms with Crippen LogP contribution in [0.1, 0.15) is 52.1 Å². The van der Waals surface area contributed by atoms with Gasteiger partial charge in [0.05, 0.1) is 6.04 Å². The molecule has 0 radical (unpaired) electrons. The predicted octanol–water partition coefficient (Wildman–Crippen LogP) is 3.03. The molecule has 3 atom stereocenters. The molecule has 3 unspecified atom stereocenters. The lowest BCUT2D eigenvalue weighted by atomic mass is 10.0. The molecular formula is C16H26N2O. The van der Waals surface area contributed by atoms with E-state index in [1.54, 1.807) is 0 Å². The summed E-state index contributed by atoms with van der Waals surface area (Å²) in [7, 11) is 0. The van der Waals surface area contributed by atoms with Crippen molar-refractivity contribution < 1.29 is 4.79 Å². The van der Waals surface area contributed by atoms with Gasteiger partial charge in [0.2, 0.25) is 5.91 Å². The van der Waals surface area contributed by atoms with Crippen LogP contribution in [0, 0.1) is 0 Å². The zero-order valence-electron chi connectivity index (χ0n) is 12.4.